The third kappa shape index (κ3) is 5.42. The number of nitrogens with zero attached hydrogens (tertiary/aromatic N) is 1. The molecule has 0 aromatic carbocycles. The van der Waals surface area contributed by atoms with E-state index in [9.17, 15) is 14.4 Å². The third-order valence-corrected chi connectivity index (χ3v) is 5.68. The van der Waals surface area contributed by atoms with Crippen molar-refractivity contribution in [1.82, 2.24) is 10.2 Å². The Morgan fingerprint density at radius 2 is 1.93 bits per heavy atom. The standard InChI is InChI=1S/C19H30N2O6/c1-13-17(15(22)12-26-13)20-18(23)16(11-14-5-3-2-4-6-14)27-19(24)21-7-9-25-10-8-21/h13-14,16-17H,2-12H2,1H3,(H,20,23)/t13-,16-,17-/m1/s1. The summed E-state index contributed by atoms with van der Waals surface area (Å²) in [5.74, 6) is -0.190. The molecule has 3 aliphatic rings. The van der Waals surface area contributed by atoms with Crippen LogP contribution in [0.4, 0.5) is 4.79 Å². The Hall–Kier alpha value is -1.67. The highest BCUT2D eigenvalue weighted by molar-refractivity contribution is 5.93. The van der Waals surface area contributed by atoms with Crippen molar-refractivity contribution < 1.29 is 28.6 Å². The number of nitrogens with one attached hydrogen (secondary N) is 1. The number of carbonyl (C=O) groups is 3. The average molecular weight is 382 g/mol. The molecule has 3 rings (SSSR count). The maximum absolute atomic E-state index is 12.8. The van der Waals surface area contributed by atoms with E-state index in [1.807, 2.05) is 0 Å². The zero-order valence-corrected chi connectivity index (χ0v) is 16.0. The molecule has 1 aliphatic carbocycles. The summed E-state index contributed by atoms with van der Waals surface area (Å²) in [4.78, 5) is 38.8. The van der Waals surface area contributed by atoms with Gasteiger partial charge in [0, 0.05) is 13.1 Å². The van der Waals surface area contributed by atoms with Gasteiger partial charge in [0.2, 0.25) is 0 Å². The van der Waals surface area contributed by atoms with Crippen LogP contribution in [0.25, 0.3) is 0 Å². The van der Waals surface area contributed by atoms with E-state index in [2.05, 4.69) is 5.32 Å². The van der Waals surface area contributed by atoms with Crippen molar-refractivity contribution in [2.45, 2.75) is 63.7 Å². The van der Waals surface area contributed by atoms with Gasteiger partial charge in [-0.3, -0.25) is 9.59 Å². The van der Waals surface area contributed by atoms with E-state index in [4.69, 9.17) is 14.2 Å². The average Bonchev–Trinajstić information content (AvgIpc) is 3.01. The highest BCUT2D eigenvalue weighted by atomic mass is 16.6. The number of hydrogen-bond donors (Lipinski definition) is 1. The molecule has 2 amide bonds. The monoisotopic (exact) mass is 382 g/mol. The molecule has 2 heterocycles. The van der Waals surface area contributed by atoms with Crippen LogP contribution in [0.1, 0.15) is 45.4 Å². The number of ketones is 1. The van der Waals surface area contributed by atoms with Crippen LogP contribution < -0.4 is 5.32 Å². The van der Waals surface area contributed by atoms with Crippen LogP contribution in [-0.4, -0.2) is 73.8 Å². The SMILES string of the molecule is C[C@H]1OCC(=O)[C@@H]1NC(=O)[C@@H](CC1CCCCC1)OC(=O)N1CCOCC1. The summed E-state index contributed by atoms with van der Waals surface area (Å²) in [6.45, 7) is 3.63. The van der Waals surface area contributed by atoms with Gasteiger partial charge in [-0.1, -0.05) is 32.1 Å². The van der Waals surface area contributed by atoms with Crippen LogP contribution in [0.2, 0.25) is 0 Å². The van der Waals surface area contributed by atoms with Crippen LogP contribution in [0.3, 0.4) is 0 Å². The Labute approximate surface area is 159 Å². The van der Waals surface area contributed by atoms with E-state index >= 15 is 0 Å². The highest BCUT2D eigenvalue weighted by Crippen LogP contribution is 2.28. The van der Waals surface area contributed by atoms with Crippen molar-refractivity contribution in [1.29, 1.82) is 0 Å². The van der Waals surface area contributed by atoms with Crippen LogP contribution in [0, 0.1) is 5.92 Å². The second-order valence-corrected chi connectivity index (χ2v) is 7.68. The van der Waals surface area contributed by atoms with Gasteiger partial charge >= 0.3 is 6.09 Å². The van der Waals surface area contributed by atoms with Crippen molar-refractivity contribution in [3.8, 4) is 0 Å². The molecule has 0 bridgehead atoms. The van der Waals surface area contributed by atoms with Gasteiger partial charge < -0.3 is 24.4 Å². The maximum Gasteiger partial charge on any atom is 0.410 e. The molecule has 152 valence electrons. The Bertz CT molecular complexity index is 542. The number of rotatable bonds is 5. The molecule has 8 nitrogen and oxygen atoms in total. The number of morpholine rings is 1. The minimum atomic E-state index is -0.885. The first-order valence-electron chi connectivity index (χ1n) is 10.0. The normalized spacial score (nSPS) is 28.0. The van der Waals surface area contributed by atoms with Gasteiger partial charge in [0.1, 0.15) is 12.6 Å². The first-order chi connectivity index (χ1) is 13.0. The van der Waals surface area contributed by atoms with E-state index in [0.717, 1.165) is 25.7 Å². The van der Waals surface area contributed by atoms with E-state index in [0.29, 0.717) is 38.6 Å². The number of hydrogen-bond acceptors (Lipinski definition) is 6. The molecule has 1 N–H and O–H groups in total. The third-order valence-electron chi connectivity index (χ3n) is 5.68. The molecular formula is C19H30N2O6. The number of ether oxygens (including phenoxy) is 3. The van der Waals surface area contributed by atoms with Gasteiger partial charge in [0.05, 0.1) is 19.3 Å². The van der Waals surface area contributed by atoms with Crippen molar-refractivity contribution in [2.24, 2.45) is 5.92 Å². The highest BCUT2D eigenvalue weighted by Gasteiger charge is 2.37. The van der Waals surface area contributed by atoms with Crippen LogP contribution in [-0.2, 0) is 23.8 Å². The van der Waals surface area contributed by atoms with E-state index in [-0.39, 0.29) is 18.5 Å². The van der Waals surface area contributed by atoms with Crippen LogP contribution in [0.5, 0.6) is 0 Å². The Morgan fingerprint density at radius 3 is 2.56 bits per heavy atom. The number of Topliss-reactive ketones (excluding diaryl/α,β-unsaturated/α-hetero) is 1. The van der Waals surface area contributed by atoms with E-state index < -0.39 is 24.1 Å². The first-order valence-corrected chi connectivity index (χ1v) is 10.0. The minimum Gasteiger partial charge on any atom is -0.436 e. The summed E-state index contributed by atoms with van der Waals surface area (Å²) < 4.78 is 16.1. The van der Waals surface area contributed by atoms with Gasteiger partial charge in [0.15, 0.2) is 11.9 Å². The smallest absolute Gasteiger partial charge is 0.410 e. The largest absolute Gasteiger partial charge is 0.436 e. The van der Waals surface area contributed by atoms with Gasteiger partial charge in [-0.15, -0.1) is 0 Å². The number of amides is 2. The van der Waals surface area contributed by atoms with Crippen LogP contribution in [0.15, 0.2) is 0 Å². The second-order valence-electron chi connectivity index (χ2n) is 7.68. The van der Waals surface area contributed by atoms with Gasteiger partial charge in [-0.2, -0.15) is 0 Å². The molecule has 0 radical (unpaired) electrons. The lowest BCUT2D eigenvalue weighted by molar-refractivity contribution is -0.134. The van der Waals surface area contributed by atoms with E-state index in [1.54, 1.807) is 11.8 Å². The molecule has 8 heteroatoms. The molecule has 0 unspecified atom stereocenters. The molecule has 0 spiro atoms. The maximum atomic E-state index is 12.8. The topological polar surface area (TPSA) is 94.2 Å². The molecule has 0 aromatic heterocycles. The van der Waals surface area contributed by atoms with Crippen molar-refractivity contribution in [2.75, 3.05) is 32.9 Å². The fourth-order valence-electron chi connectivity index (χ4n) is 3.98. The minimum absolute atomic E-state index is 0.00692. The first kappa shape index (κ1) is 20.1. The number of carbonyl (C=O) groups excluding carboxylic acids is 3. The molecule has 3 fully saturated rings. The predicted molar refractivity (Wildman–Crippen MR) is 96.2 cm³/mol. The molecule has 0 aromatic rings. The summed E-state index contributed by atoms with van der Waals surface area (Å²) in [7, 11) is 0. The second kappa shape index (κ2) is 9.50. The van der Waals surface area contributed by atoms with Gasteiger partial charge in [-0.25, -0.2) is 4.79 Å². The zero-order valence-electron chi connectivity index (χ0n) is 16.0. The molecule has 27 heavy (non-hydrogen) atoms. The lowest BCUT2D eigenvalue weighted by Crippen LogP contribution is -2.51. The molecule has 2 saturated heterocycles. The molecule has 2 aliphatic heterocycles. The Balaban J connectivity index is 1.63. The summed E-state index contributed by atoms with van der Waals surface area (Å²) in [5.41, 5.74) is 0. The van der Waals surface area contributed by atoms with Crippen molar-refractivity contribution >= 4 is 17.8 Å². The summed E-state index contributed by atoms with van der Waals surface area (Å²) in [6.07, 6.45) is 4.34. The zero-order chi connectivity index (χ0) is 19.2. The Kier molecular flexibility index (Phi) is 7.07. The summed E-state index contributed by atoms with van der Waals surface area (Å²) >= 11 is 0. The molecule has 3 atom stereocenters. The quantitative estimate of drug-likeness (QED) is 0.769. The van der Waals surface area contributed by atoms with E-state index in [1.165, 1.54) is 6.42 Å². The van der Waals surface area contributed by atoms with Crippen LogP contribution >= 0.6 is 0 Å². The van der Waals surface area contributed by atoms with Gasteiger partial charge in [-0.05, 0) is 19.3 Å². The summed E-state index contributed by atoms with van der Waals surface area (Å²) in [5, 5.41) is 2.74. The lowest BCUT2D eigenvalue weighted by atomic mass is 9.85. The van der Waals surface area contributed by atoms with Crippen molar-refractivity contribution in [3.63, 3.8) is 0 Å². The summed E-state index contributed by atoms with van der Waals surface area (Å²) in [6, 6.07) is -0.673. The van der Waals surface area contributed by atoms with Crippen molar-refractivity contribution in [3.05, 3.63) is 0 Å². The lowest BCUT2D eigenvalue weighted by Gasteiger charge is -2.30. The fraction of sp³-hybridized carbons (Fsp3) is 0.842. The molecular weight excluding hydrogens is 352 g/mol. The predicted octanol–water partition coefficient (Wildman–Crippen LogP) is 1.27. The molecule has 1 saturated carbocycles. The Morgan fingerprint density at radius 1 is 1.22 bits per heavy atom. The fourth-order valence-corrected chi connectivity index (χ4v) is 3.98. The van der Waals surface area contributed by atoms with Gasteiger partial charge in [0.25, 0.3) is 5.91 Å².